The van der Waals surface area contributed by atoms with Crippen molar-refractivity contribution in [2.45, 2.75) is 81.3 Å². The van der Waals surface area contributed by atoms with Crippen LogP contribution in [0.1, 0.15) is 51.0 Å². The first-order valence-corrected chi connectivity index (χ1v) is 12.3. The van der Waals surface area contributed by atoms with Gasteiger partial charge in [-0.1, -0.05) is 55.3 Å². The lowest BCUT2D eigenvalue weighted by molar-refractivity contribution is -0.145. The van der Waals surface area contributed by atoms with Crippen LogP contribution in [0.2, 0.25) is 0 Å². The Morgan fingerprint density at radius 3 is 2.48 bits per heavy atom. The van der Waals surface area contributed by atoms with Crippen molar-refractivity contribution in [1.29, 1.82) is 0 Å². The van der Waals surface area contributed by atoms with E-state index in [9.17, 15) is 14.4 Å². The first kappa shape index (κ1) is 20.9. The zero-order valence-corrected chi connectivity index (χ0v) is 19.0. The third-order valence-corrected chi connectivity index (χ3v) is 8.22. The standard InChI is InChI=1S/C26H31N3O4/c1-25-13-14-26(33-25)20(19(25)22(30)27-15-16-7-3-2-4-8-16)24(32)29(18-11-12-18)21(26)23(31)28-17-9-5-6-10-17/h2-4,7-8,13-14,17-21H,5-6,9-12,15H2,1H3,(H,27,30)(H,28,31)/t19-,20+,21-,25-,26+/m1/s1. The lowest BCUT2D eigenvalue weighted by Gasteiger charge is -2.33. The maximum Gasteiger partial charge on any atom is 0.246 e. The molecule has 1 spiro atoms. The Morgan fingerprint density at radius 1 is 1.06 bits per heavy atom. The van der Waals surface area contributed by atoms with Gasteiger partial charge in [0.1, 0.15) is 11.6 Å². The summed E-state index contributed by atoms with van der Waals surface area (Å²) in [6.45, 7) is 2.26. The number of nitrogens with zero attached hydrogens (tertiary/aromatic N) is 1. The second-order valence-corrected chi connectivity index (χ2v) is 10.5. The van der Waals surface area contributed by atoms with Crippen LogP contribution in [-0.4, -0.2) is 51.9 Å². The fourth-order valence-corrected chi connectivity index (χ4v) is 6.56. The number of hydrogen-bond acceptors (Lipinski definition) is 4. The molecule has 1 aromatic rings. The summed E-state index contributed by atoms with van der Waals surface area (Å²) in [5.41, 5.74) is -0.981. The molecular weight excluding hydrogens is 418 g/mol. The fraction of sp³-hybridized carbons (Fsp3) is 0.577. The van der Waals surface area contributed by atoms with Crippen LogP contribution < -0.4 is 10.6 Å². The van der Waals surface area contributed by atoms with Crippen molar-refractivity contribution in [3.05, 3.63) is 48.0 Å². The maximum atomic E-state index is 13.8. The molecule has 2 aliphatic carbocycles. The van der Waals surface area contributed by atoms with Gasteiger partial charge in [0.15, 0.2) is 0 Å². The molecule has 174 valence electrons. The molecule has 7 heteroatoms. The van der Waals surface area contributed by atoms with Gasteiger partial charge in [-0.2, -0.15) is 0 Å². The summed E-state index contributed by atoms with van der Waals surface area (Å²) in [5.74, 6) is -1.79. The van der Waals surface area contributed by atoms with E-state index in [1.807, 2.05) is 49.4 Å². The zero-order chi connectivity index (χ0) is 22.8. The summed E-state index contributed by atoms with van der Waals surface area (Å²) in [6.07, 6.45) is 9.78. The predicted molar refractivity (Wildman–Crippen MR) is 121 cm³/mol. The Hall–Kier alpha value is -2.67. The Bertz CT molecular complexity index is 1020. The molecule has 3 heterocycles. The molecule has 4 fully saturated rings. The molecule has 5 atom stereocenters. The largest absolute Gasteiger partial charge is 0.356 e. The minimum absolute atomic E-state index is 0.0636. The number of rotatable bonds is 6. The predicted octanol–water partition coefficient (Wildman–Crippen LogP) is 2.06. The maximum absolute atomic E-state index is 13.8. The van der Waals surface area contributed by atoms with Gasteiger partial charge < -0.3 is 20.3 Å². The van der Waals surface area contributed by atoms with Crippen molar-refractivity contribution in [2.24, 2.45) is 11.8 Å². The summed E-state index contributed by atoms with van der Waals surface area (Å²) in [5, 5.41) is 6.22. The average Bonchev–Trinajstić information content (AvgIpc) is 3.17. The van der Waals surface area contributed by atoms with E-state index in [4.69, 9.17) is 4.74 Å². The molecule has 2 bridgehead atoms. The van der Waals surface area contributed by atoms with Crippen molar-refractivity contribution in [1.82, 2.24) is 15.5 Å². The highest BCUT2D eigenvalue weighted by Gasteiger charge is 2.77. The van der Waals surface area contributed by atoms with Crippen LogP contribution in [-0.2, 0) is 25.7 Å². The summed E-state index contributed by atoms with van der Waals surface area (Å²) in [6, 6.07) is 9.23. The monoisotopic (exact) mass is 449 g/mol. The van der Waals surface area contributed by atoms with Gasteiger partial charge in [0.05, 0.1) is 17.4 Å². The van der Waals surface area contributed by atoms with Gasteiger partial charge in [-0.3, -0.25) is 14.4 Å². The minimum atomic E-state index is -1.08. The summed E-state index contributed by atoms with van der Waals surface area (Å²) in [4.78, 5) is 42.6. The Morgan fingerprint density at radius 2 is 1.79 bits per heavy atom. The van der Waals surface area contributed by atoms with Crippen molar-refractivity contribution in [2.75, 3.05) is 0 Å². The van der Waals surface area contributed by atoms with Crippen molar-refractivity contribution >= 4 is 17.7 Å². The van der Waals surface area contributed by atoms with Crippen LogP contribution in [0.15, 0.2) is 42.5 Å². The highest BCUT2D eigenvalue weighted by atomic mass is 16.5. The first-order chi connectivity index (χ1) is 15.9. The van der Waals surface area contributed by atoms with Crippen LogP contribution in [0.25, 0.3) is 0 Å². The number of nitrogens with one attached hydrogen (secondary N) is 2. The van der Waals surface area contributed by atoms with E-state index in [-0.39, 0.29) is 29.8 Å². The highest BCUT2D eigenvalue weighted by molar-refractivity contribution is 6.00. The third kappa shape index (κ3) is 3.15. The van der Waals surface area contributed by atoms with Gasteiger partial charge in [-0.15, -0.1) is 0 Å². The number of ether oxygens (including phenoxy) is 1. The van der Waals surface area contributed by atoms with Gasteiger partial charge >= 0.3 is 0 Å². The number of likely N-dealkylation sites (tertiary alicyclic amines) is 1. The van der Waals surface area contributed by atoms with E-state index in [0.29, 0.717) is 6.54 Å². The quantitative estimate of drug-likeness (QED) is 0.651. The van der Waals surface area contributed by atoms with E-state index >= 15 is 0 Å². The van der Waals surface area contributed by atoms with Crippen LogP contribution in [0.3, 0.4) is 0 Å². The lowest BCUT2D eigenvalue weighted by atomic mass is 9.70. The first-order valence-electron chi connectivity index (χ1n) is 12.3. The van der Waals surface area contributed by atoms with E-state index in [2.05, 4.69) is 10.6 Å². The average molecular weight is 450 g/mol. The summed E-state index contributed by atoms with van der Waals surface area (Å²) < 4.78 is 6.54. The molecule has 33 heavy (non-hydrogen) atoms. The Labute approximate surface area is 193 Å². The molecule has 3 amide bonds. The number of benzene rings is 1. The molecule has 1 aromatic carbocycles. The summed E-state index contributed by atoms with van der Waals surface area (Å²) >= 11 is 0. The minimum Gasteiger partial charge on any atom is -0.356 e. The summed E-state index contributed by atoms with van der Waals surface area (Å²) in [7, 11) is 0. The number of amides is 3. The molecule has 0 radical (unpaired) electrons. The molecule has 2 saturated carbocycles. The van der Waals surface area contributed by atoms with Crippen molar-refractivity contribution in [3.63, 3.8) is 0 Å². The van der Waals surface area contributed by atoms with Gasteiger partial charge in [-0.25, -0.2) is 0 Å². The molecule has 6 rings (SSSR count). The van der Waals surface area contributed by atoms with Crippen molar-refractivity contribution < 1.29 is 19.1 Å². The van der Waals surface area contributed by atoms with Crippen LogP contribution in [0, 0.1) is 11.8 Å². The van der Waals surface area contributed by atoms with E-state index in [1.165, 1.54) is 0 Å². The number of hydrogen-bond donors (Lipinski definition) is 2. The second kappa shape index (κ2) is 7.42. The van der Waals surface area contributed by atoms with E-state index < -0.39 is 29.1 Å². The fourth-order valence-electron chi connectivity index (χ4n) is 6.56. The topological polar surface area (TPSA) is 87.7 Å². The Balaban J connectivity index is 1.30. The molecule has 2 saturated heterocycles. The molecule has 7 nitrogen and oxygen atoms in total. The second-order valence-electron chi connectivity index (χ2n) is 10.5. The van der Waals surface area contributed by atoms with Crippen LogP contribution in [0.5, 0.6) is 0 Å². The zero-order valence-electron chi connectivity index (χ0n) is 19.0. The lowest BCUT2D eigenvalue weighted by Crippen LogP contribution is -2.56. The molecule has 5 aliphatic rings. The SMILES string of the molecule is C[C@]12C=C[C@]3(O1)[C@H](C(=O)N(C1CC1)[C@@H]3C(=O)NC1CCCC1)[C@@H]2C(=O)NCc1ccccc1. The molecular formula is C26H31N3O4. The number of fused-ring (bicyclic) bond motifs is 1. The third-order valence-electron chi connectivity index (χ3n) is 8.22. The van der Waals surface area contributed by atoms with Crippen LogP contribution in [0.4, 0.5) is 0 Å². The van der Waals surface area contributed by atoms with Gasteiger partial charge in [0, 0.05) is 18.6 Å². The Kier molecular flexibility index (Phi) is 4.70. The molecule has 2 N–H and O–H groups in total. The van der Waals surface area contributed by atoms with Crippen molar-refractivity contribution in [3.8, 4) is 0 Å². The normalized spacial score (nSPS) is 36.9. The van der Waals surface area contributed by atoms with Gasteiger partial charge in [0.25, 0.3) is 0 Å². The van der Waals surface area contributed by atoms with E-state index in [1.54, 1.807) is 4.90 Å². The molecule has 0 aromatic heterocycles. The highest BCUT2D eigenvalue weighted by Crippen LogP contribution is 2.61. The van der Waals surface area contributed by atoms with Gasteiger partial charge in [-0.05, 0) is 38.2 Å². The number of carbonyl (C=O) groups excluding carboxylic acids is 3. The smallest absolute Gasteiger partial charge is 0.246 e. The van der Waals surface area contributed by atoms with Crippen LogP contribution >= 0.6 is 0 Å². The molecule has 3 aliphatic heterocycles. The van der Waals surface area contributed by atoms with E-state index in [0.717, 1.165) is 44.1 Å². The number of carbonyl (C=O) groups is 3. The molecule has 0 unspecified atom stereocenters. The van der Waals surface area contributed by atoms with Gasteiger partial charge in [0.2, 0.25) is 17.7 Å².